The fourth-order valence-corrected chi connectivity index (χ4v) is 18.2. The molecule has 3 fully saturated rings. The number of nitrogens with two attached hydrogens (primary N) is 5. The molecule has 16 amide bonds. The summed E-state index contributed by atoms with van der Waals surface area (Å²) in [6.07, 6.45) is -2.08. The molecule has 15 atom stereocenters. The molecule has 3 aliphatic rings. The number of amides is 16. The Morgan fingerprint density at radius 3 is 1.35 bits per heavy atom. The van der Waals surface area contributed by atoms with Crippen molar-refractivity contribution in [2.24, 2.45) is 46.4 Å². The average Bonchev–Trinajstić information content (AvgIpc) is 1.71. The predicted octanol–water partition coefficient (Wildman–Crippen LogP) is -4.31. The molecule has 0 aromatic heterocycles. The van der Waals surface area contributed by atoms with E-state index in [0.29, 0.717) is 5.56 Å². The summed E-state index contributed by atoms with van der Waals surface area (Å²) in [7, 11) is 1.62. The molecule has 141 heavy (non-hydrogen) atoms. The van der Waals surface area contributed by atoms with E-state index in [2.05, 4.69) is 90.4 Å². The summed E-state index contributed by atoms with van der Waals surface area (Å²) in [6.45, 7) is 9.86. The zero-order chi connectivity index (χ0) is 104. The summed E-state index contributed by atoms with van der Waals surface area (Å²) in [5, 5.41) is 107. The van der Waals surface area contributed by atoms with E-state index >= 15 is 43.2 Å². The first-order valence-corrected chi connectivity index (χ1v) is 49.4. The molecule has 34 N–H and O–H groups in total. The Hall–Kier alpha value is -13.8. The zero-order valence-electron chi connectivity index (χ0n) is 80.4. The number of carboxylic acids is 1. The fraction of sp³-hybridized carbons (Fsp3) is 0.571. The number of hydrogen-bond donors (Lipinski definition) is 29. The van der Waals surface area contributed by atoms with E-state index in [4.69, 9.17) is 50.3 Å². The Balaban J connectivity index is 1.56. The van der Waals surface area contributed by atoms with E-state index in [9.17, 15) is 53.7 Å². The number of carbonyl (C=O) groups excluding carboxylic acids is 16. The first kappa shape index (κ1) is 116. The van der Waals surface area contributed by atoms with Crippen LogP contribution < -0.4 is 119 Å². The lowest BCUT2D eigenvalue weighted by Gasteiger charge is -2.31. The lowest BCUT2D eigenvalue weighted by atomic mass is 9.98. The van der Waals surface area contributed by atoms with Gasteiger partial charge in [0, 0.05) is 70.5 Å². The third-order valence-corrected chi connectivity index (χ3v) is 25.7. The fourth-order valence-electron chi connectivity index (χ4n) is 15.8. The van der Waals surface area contributed by atoms with Crippen molar-refractivity contribution in [2.75, 3.05) is 57.4 Å². The van der Waals surface area contributed by atoms with Crippen LogP contribution in [0.2, 0.25) is 0 Å². The van der Waals surface area contributed by atoms with Crippen molar-refractivity contribution in [3.05, 3.63) is 90.0 Å². The Labute approximate surface area is 825 Å². The van der Waals surface area contributed by atoms with Crippen LogP contribution in [-0.2, 0) is 94.3 Å². The van der Waals surface area contributed by atoms with Crippen LogP contribution in [0.15, 0.2) is 78.9 Å². The summed E-state index contributed by atoms with van der Waals surface area (Å²) < 4.78 is 0. The minimum absolute atomic E-state index is 0.00145. The summed E-state index contributed by atoms with van der Waals surface area (Å²) in [5.41, 5.74) is 30.4. The van der Waals surface area contributed by atoms with E-state index in [1.54, 1.807) is 38.1 Å². The second kappa shape index (κ2) is 58.9. The summed E-state index contributed by atoms with van der Waals surface area (Å²) in [5.74, 6) is -21.9. The quantitative estimate of drug-likeness (QED) is 0.0111. The Morgan fingerprint density at radius 2 is 0.872 bits per heavy atom. The number of aromatic hydroxyl groups is 1. The van der Waals surface area contributed by atoms with Crippen LogP contribution in [0.5, 0.6) is 5.75 Å². The van der Waals surface area contributed by atoms with Gasteiger partial charge in [-0.15, -0.1) is 0 Å². The molecule has 0 unspecified atom stereocenters. The minimum Gasteiger partial charge on any atom is -0.508 e. The lowest BCUT2D eigenvalue weighted by molar-refractivity contribution is -0.146. The molecular formula is C91H140N28O20S2. The van der Waals surface area contributed by atoms with Crippen molar-refractivity contribution < 1.29 is 96.8 Å². The first-order chi connectivity index (χ1) is 66.8. The number of nitrogens with one attached hydrogen (secondary N) is 21. The number of fused-ring (bicyclic) bond motifs is 2. The van der Waals surface area contributed by atoms with Crippen molar-refractivity contribution in [1.82, 2.24) is 100 Å². The molecule has 3 aromatic rings. The van der Waals surface area contributed by atoms with Crippen LogP contribution in [0.3, 0.4) is 0 Å². The van der Waals surface area contributed by atoms with E-state index in [1.165, 1.54) is 43.0 Å². The van der Waals surface area contributed by atoms with Gasteiger partial charge in [-0.2, -0.15) is 0 Å². The maximum atomic E-state index is 15.9. The Bertz CT molecular complexity index is 4830. The molecule has 50 heteroatoms. The van der Waals surface area contributed by atoms with E-state index in [0.717, 1.165) is 44.5 Å². The third kappa shape index (κ3) is 40.1. The van der Waals surface area contributed by atoms with E-state index in [-0.39, 0.29) is 177 Å². The number of aliphatic hydroxyl groups is 1. The highest BCUT2D eigenvalue weighted by Gasteiger charge is 2.45. The highest BCUT2D eigenvalue weighted by atomic mass is 33.1. The largest absolute Gasteiger partial charge is 0.508 e. The van der Waals surface area contributed by atoms with Gasteiger partial charge in [0.05, 0.1) is 13.0 Å². The second-order valence-electron chi connectivity index (χ2n) is 36.0. The van der Waals surface area contributed by atoms with Gasteiger partial charge in [-0.1, -0.05) is 130 Å². The number of phenolic OH excluding ortho intramolecular Hbond substituents is 1. The normalized spacial score (nSPS) is 21.7. The van der Waals surface area contributed by atoms with Crippen LogP contribution in [0, 0.1) is 39.4 Å². The number of rotatable bonds is 40. The lowest BCUT2D eigenvalue weighted by Crippen LogP contribution is -2.62. The number of aliphatic carboxylic acids is 1. The van der Waals surface area contributed by atoms with Crippen molar-refractivity contribution in [3.63, 3.8) is 0 Å². The number of benzene rings is 3. The van der Waals surface area contributed by atoms with E-state index in [1.807, 2.05) is 44.2 Å². The molecule has 3 aromatic carbocycles. The second-order valence-corrected chi connectivity index (χ2v) is 38.5. The van der Waals surface area contributed by atoms with Crippen LogP contribution in [0.25, 0.3) is 11.1 Å². The molecule has 0 saturated carbocycles. The standard InChI is InChI=1S/C91H140N28O20S2/c1-48(2)25-34-61-77(129)114-66(45-120)81(133)111-64(43-53-28-32-56(122)33-29-53)80(132)113-65(44-71(123)124)86(138)118-39-16-24-70(118)84(136)117-72(50(5)6)85(137)115-67(82(134)108-59(21-13-37-103-90(97)98)75(127)106-57(73(92)125)19-11-35-101-88(93)94)46-140-141-47-68(116-76(128)60(22-14-38-104-91(99)100)107-74(126)58(105-51(7)121)20-12-36-102-89(95)96)87(139)119-40-15-23-69(119)83(135)112-62(41-49(3)4)78(130)110-63(79(131)109-61)42-52-26-30-55(31-27-52)54-17-9-8-10-18-54/h8-10,17-18,26-33,48-50,57-70,72,120,122H,11-16,19-25,34-47H2,1-7H3,(H2,92,125)(H,105,121)(H,106,127)(H,107,126)(H,108,134)(H,109,131)(H,110,130)(H,111,133)(H,112,135)(H,113,132)(H,114,129)(H,115,137)(H,116,128)(H,117,136)(H,123,124)(H4,93,94,101)(H4,95,96,102)(H4,97,98,103)(H4,99,100,104)/t57-,58-,59-,60-,61-,62-,63-,64-,65-,66-,67-,68-,69-,70-,72-/m0/s1. The minimum atomic E-state index is -2.02. The maximum Gasteiger partial charge on any atom is 0.305 e. The van der Waals surface area contributed by atoms with Gasteiger partial charge in [-0.3, -0.25) is 103 Å². The number of aliphatic hydroxyl groups excluding tert-OH is 1. The molecule has 776 valence electrons. The van der Waals surface area contributed by atoms with Crippen molar-refractivity contribution in [2.45, 2.75) is 255 Å². The van der Waals surface area contributed by atoms with Gasteiger partial charge in [0.15, 0.2) is 23.8 Å². The Morgan fingerprint density at radius 1 is 0.454 bits per heavy atom. The molecule has 0 spiro atoms. The monoisotopic (exact) mass is 2010 g/mol. The van der Waals surface area contributed by atoms with Crippen LogP contribution >= 0.6 is 21.6 Å². The number of hydrogen-bond acceptors (Lipinski definition) is 25. The molecule has 3 saturated heterocycles. The molecule has 3 heterocycles. The van der Waals surface area contributed by atoms with Gasteiger partial charge >= 0.3 is 5.97 Å². The maximum absolute atomic E-state index is 15.9. The number of phenols is 1. The van der Waals surface area contributed by atoms with Gasteiger partial charge in [-0.05, 0) is 148 Å². The van der Waals surface area contributed by atoms with Gasteiger partial charge in [-0.25, -0.2) is 0 Å². The number of carbonyl (C=O) groups is 17. The molecule has 6 rings (SSSR count). The predicted molar refractivity (Wildman–Crippen MR) is 526 cm³/mol. The van der Waals surface area contributed by atoms with Crippen LogP contribution in [0.1, 0.15) is 162 Å². The summed E-state index contributed by atoms with van der Waals surface area (Å²) in [4.78, 5) is 253. The smallest absolute Gasteiger partial charge is 0.305 e. The van der Waals surface area contributed by atoms with Gasteiger partial charge in [0.1, 0.15) is 96.4 Å². The molecule has 0 aliphatic carbocycles. The number of primary amides is 1. The molecule has 48 nitrogen and oxygen atoms in total. The molecular weight excluding hydrogens is 1870 g/mol. The molecule has 0 radical (unpaired) electrons. The van der Waals surface area contributed by atoms with Crippen molar-refractivity contribution in [1.29, 1.82) is 21.6 Å². The molecule has 0 bridgehead atoms. The van der Waals surface area contributed by atoms with Crippen LogP contribution in [-0.4, -0.2) is 297 Å². The zero-order valence-corrected chi connectivity index (χ0v) is 82.0. The number of guanidine groups is 4. The van der Waals surface area contributed by atoms with Gasteiger partial charge in [0.2, 0.25) is 94.5 Å². The topological polar surface area (TPSA) is 787 Å². The van der Waals surface area contributed by atoms with Gasteiger partial charge in [0.25, 0.3) is 0 Å². The highest BCUT2D eigenvalue weighted by Crippen LogP contribution is 2.29. The summed E-state index contributed by atoms with van der Waals surface area (Å²) in [6, 6.07) is -2.72. The van der Waals surface area contributed by atoms with Gasteiger partial charge < -0.3 is 144 Å². The van der Waals surface area contributed by atoms with Crippen molar-refractivity contribution in [3.8, 4) is 16.9 Å². The SMILES string of the molecule is CC(=O)N[C@@H](CCCNC(=N)N)C(=O)N[C@@H](CCCNC(=N)N)C(=O)N[C@H]1CSSC[C@@H](C(=O)N[C@@H](CCCNC(=N)N)C(=O)N[C@@H](CCCNC(=N)N)C(N)=O)NC(=O)[C@H](C(C)C)NC(=O)[C@@H]2CCCN2C(=O)[C@H](CC(=O)O)NC(=O)[C@H](Cc2ccc(O)cc2)NC(=O)[C@H](CO)NC(=O)[C@H](CCC(C)C)NC(=O)[C@H](Cc2ccc(-c3ccccc3)cc2)NC(=O)[C@H](CC(C)C)NC(=O)[C@@H]2CCCN2C1=O. The average molecular weight is 2010 g/mol. The first-order valence-electron chi connectivity index (χ1n) is 47.0. The van der Waals surface area contributed by atoms with Crippen molar-refractivity contribution >= 4 is 146 Å². The highest BCUT2D eigenvalue weighted by molar-refractivity contribution is 8.76. The number of carboxylic acid groups (broad SMARTS) is 1. The van der Waals surface area contributed by atoms with E-state index < -0.39 is 240 Å². The third-order valence-electron chi connectivity index (χ3n) is 23.2. The number of nitrogens with zero attached hydrogens (tertiary/aromatic N) is 2. The van der Waals surface area contributed by atoms with Crippen LogP contribution in [0.4, 0.5) is 0 Å². The molecule has 3 aliphatic heterocycles. The summed E-state index contributed by atoms with van der Waals surface area (Å²) >= 11 is 0. The Kier molecular flexibility index (Phi) is 48.4.